The van der Waals surface area contributed by atoms with E-state index in [1.165, 1.54) is 6.92 Å². The Morgan fingerprint density at radius 3 is 2.35 bits per heavy atom. The number of hydrogen-bond donors (Lipinski definition) is 1. The molecule has 1 heterocycles. The molecule has 1 N–H and O–H groups in total. The molecule has 188 valence electrons. The maximum absolute atomic E-state index is 12.1. The summed E-state index contributed by atoms with van der Waals surface area (Å²) >= 11 is 12.3. The fourth-order valence-electron chi connectivity index (χ4n) is 3.46. The predicted molar refractivity (Wildman–Crippen MR) is 135 cm³/mol. The van der Waals surface area contributed by atoms with Crippen LogP contribution in [0.1, 0.15) is 71.7 Å². The van der Waals surface area contributed by atoms with Gasteiger partial charge in [-0.2, -0.15) is 5.10 Å². The minimum Gasteiger partial charge on any atom is -0.460 e. The molecule has 0 radical (unpaired) electrons. The summed E-state index contributed by atoms with van der Waals surface area (Å²) in [5.74, 6) is 0.970. The number of carbonyl (C=O) groups is 2. The van der Waals surface area contributed by atoms with Crippen molar-refractivity contribution >= 4 is 35.1 Å². The van der Waals surface area contributed by atoms with Gasteiger partial charge in [-0.15, -0.1) is 0 Å². The van der Waals surface area contributed by atoms with E-state index < -0.39 is 5.60 Å². The maximum Gasteiger partial charge on any atom is 0.306 e. The summed E-state index contributed by atoms with van der Waals surface area (Å²) in [6.07, 6.45) is 3.96. The highest BCUT2D eigenvalue weighted by Crippen LogP contribution is 2.34. The number of esters is 1. The molecule has 0 atom stereocenters. The van der Waals surface area contributed by atoms with E-state index in [1.54, 1.807) is 18.2 Å². The van der Waals surface area contributed by atoms with Crippen LogP contribution in [0.3, 0.4) is 0 Å². The van der Waals surface area contributed by atoms with Crippen molar-refractivity contribution in [2.45, 2.75) is 85.3 Å². The molecule has 1 aromatic carbocycles. The van der Waals surface area contributed by atoms with Gasteiger partial charge in [0, 0.05) is 36.5 Å². The Balaban J connectivity index is 2.21. The number of nitrogens with one attached hydrogen (secondary N) is 1. The number of carbonyl (C=O) groups excluding carboxylic acids is 2. The smallest absolute Gasteiger partial charge is 0.306 e. The molecule has 0 aliphatic carbocycles. The maximum atomic E-state index is 12.1. The Bertz CT molecular complexity index is 963. The molecule has 0 saturated carbocycles. The number of amides is 1. The van der Waals surface area contributed by atoms with Crippen LogP contribution in [0.4, 0.5) is 0 Å². The van der Waals surface area contributed by atoms with E-state index in [1.807, 2.05) is 32.4 Å². The van der Waals surface area contributed by atoms with Crippen LogP contribution in [-0.4, -0.2) is 33.8 Å². The van der Waals surface area contributed by atoms with Gasteiger partial charge in [-0.3, -0.25) is 14.3 Å². The highest BCUT2D eigenvalue weighted by molar-refractivity contribution is 6.34. The topological polar surface area (TPSA) is 82.5 Å². The molecule has 0 spiro atoms. The molecule has 2 rings (SSSR count). The summed E-state index contributed by atoms with van der Waals surface area (Å²) in [4.78, 5) is 23.3. The fourth-order valence-corrected chi connectivity index (χ4v) is 3.97. The van der Waals surface area contributed by atoms with Gasteiger partial charge >= 0.3 is 5.97 Å². The molecule has 1 amide bonds. The third-order valence-electron chi connectivity index (χ3n) is 4.85. The highest BCUT2D eigenvalue weighted by Gasteiger charge is 2.21. The Morgan fingerprint density at radius 2 is 1.76 bits per heavy atom. The van der Waals surface area contributed by atoms with Gasteiger partial charge < -0.3 is 14.8 Å². The van der Waals surface area contributed by atoms with Gasteiger partial charge in [0.1, 0.15) is 17.0 Å². The molecule has 0 bridgehead atoms. The second kappa shape index (κ2) is 13.0. The first-order valence-electron chi connectivity index (χ1n) is 11.7. The summed E-state index contributed by atoms with van der Waals surface area (Å²) in [7, 11) is 0. The lowest BCUT2D eigenvalue weighted by Gasteiger charge is -2.19. The number of halogens is 2. The van der Waals surface area contributed by atoms with Gasteiger partial charge in [-0.25, -0.2) is 0 Å². The van der Waals surface area contributed by atoms with Crippen LogP contribution in [0.5, 0.6) is 11.5 Å². The van der Waals surface area contributed by atoms with E-state index in [9.17, 15) is 9.59 Å². The van der Waals surface area contributed by atoms with Crippen LogP contribution in [0.15, 0.2) is 18.2 Å². The number of hydrogen-bond acceptors (Lipinski definition) is 5. The molecule has 7 nitrogen and oxygen atoms in total. The second-order valence-electron chi connectivity index (χ2n) is 9.14. The van der Waals surface area contributed by atoms with Gasteiger partial charge in [-0.05, 0) is 71.1 Å². The summed E-state index contributed by atoms with van der Waals surface area (Å²) in [5, 5.41) is 8.57. The highest BCUT2D eigenvalue weighted by atomic mass is 35.5. The van der Waals surface area contributed by atoms with Gasteiger partial charge in [-0.1, -0.05) is 30.1 Å². The lowest BCUT2D eigenvalue weighted by Crippen LogP contribution is -2.24. The van der Waals surface area contributed by atoms with Crippen molar-refractivity contribution in [1.29, 1.82) is 0 Å². The summed E-state index contributed by atoms with van der Waals surface area (Å²) in [6, 6.07) is 5.08. The normalized spacial score (nSPS) is 11.4. The molecular formula is C25H35Cl2N3O4. The first-order chi connectivity index (χ1) is 16.0. The first kappa shape index (κ1) is 28.0. The average Bonchev–Trinajstić information content (AvgIpc) is 3.02. The van der Waals surface area contributed by atoms with Gasteiger partial charge in [0.15, 0.2) is 5.75 Å². The second-order valence-corrected chi connectivity index (χ2v) is 10.0. The van der Waals surface area contributed by atoms with Gasteiger partial charge in [0.2, 0.25) is 5.91 Å². The van der Waals surface area contributed by atoms with Gasteiger partial charge in [0.25, 0.3) is 0 Å². The molecule has 0 aliphatic heterocycles. The first-order valence-corrected chi connectivity index (χ1v) is 12.4. The monoisotopic (exact) mass is 511 g/mol. The Hall–Kier alpha value is -2.25. The molecule has 0 fully saturated rings. The SMILES string of the molecule is CCc1nn(CCCC(=O)OC(C)(C)C)c(CCCCNC(C)=O)c1Oc1cc(Cl)cc(Cl)c1. The van der Waals surface area contributed by atoms with Crippen molar-refractivity contribution in [2.75, 3.05) is 6.54 Å². The van der Waals surface area contributed by atoms with E-state index in [0.717, 1.165) is 24.2 Å². The van der Waals surface area contributed by atoms with Crippen LogP contribution in [0.25, 0.3) is 0 Å². The van der Waals surface area contributed by atoms with Crippen LogP contribution < -0.4 is 10.1 Å². The van der Waals surface area contributed by atoms with Crippen molar-refractivity contribution in [1.82, 2.24) is 15.1 Å². The van der Waals surface area contributed by atoms with E-state index in [0.29, 0.717) is 60.3 Å². The standard InChI is InChI=1S/C25H35Cl2N3O4/c1-6-21-24(33-20-15-18(26)14-19(27)16-20)22(10-7-8-12-28-17(2)31)30(29-21)13-9-11-23(32)34-25(3,4)5/h14-16H,6-13H2,1-5H3,(H,28,31). The molecule has 0 saturated heterocycles. The zero-order chi connectivity index (χ0) is 25.3. The lowest BCUT2D eigenvalue weighted by molar-refractivity contribution is -0.155. The van der Waals surface area contributed by atoms with E-state index in [2.05, 4.69) is 5.32 Å². The van der Waals surface area contributed by atoms with Gasteiger partial charge in [0.05, 0.1) is 5.69 Å². The Morgan fingerprint density at radius 1 is 1.09 bits per heavy atom. The van der Waals surface area contributed by atoms with Crippen molar-refractivity contribution in [3.63, 3.8) is 0 Å². The molecule has 0 unspecified atom stereocenters. The van der Waals surface area contributed by atoms with Crippen molar-refractivity contribution in [3.05, 3.63) is 39.6 Å². The number of nitrogens with zero attached hydrogens (tertiary/aromatic N) is 2. The fraction of sp³-hybridized carbons (Fsp3) is 0.560. The summed E-state index contributed by atoms with van der Waals surface area (Å²) in [6.45, 7) is 10.3. The lowest BCUT2D eigenvalue weighted by atomic mass is 10.1. The largest absolute Gasteiger partial charge is 0.460 e. The summed E-state index contributed by atoms with van der Waals surface area (Å²) in [5.41, 5.74) is 1.27. The number of rotatable bonds is 12. The molecule has 9 heteroatoms. The van der Waals surface area contributed by atoms with Crippen molar-refractivity contribution in [2.24, 2.45) is 0 Å². The third kappa shape index (κ3) is 9.55. The molecule has 34 heavy (non-hydrogen) atoms. The Labute approximate surface area is 212 Å². The van der Waals surface area contributed by atoms with Crippen LogP contribution in [-0.2, 0) is 33.7 Å². The van der Waals surface area contributed by atoms with Crippen molar-refractivity contribution in [3.8, 4) is 11.5 Å². The zero-order valence-electron chi connectivity index (χ0n) is 20.7. The minimum absolute atomic E-state index is 0.0395. The minimum atomic E-state index is -0.503. The van der Waals surface area contributed by atoms with Crippen molar-refractivity contribution < 1.29 is 19.1 Å². The van der Waals surface area contributed by atoms with E-state index in [-0.39, 0.29) is 11.9 Å². The molecule has 1 aromatic heterocycles. The van der Waals surface area contributed by atoms with Crippen LogP contribution >= 0.6 is 23.2 Å². The molecule has 0 aliphatic rings. The number of benzene rings is 1. The Kier molecular flexibility index (Phi) is 10.7. The quantitative estimate of drug-likeness (QED) is 0.274. The number of ether oxygens (including phenoxy) is 2. The predicted octanol–water partition coefficient (Wildman–Crippen LogP) is 6.13. The van der Waals surface area contributed by atoms with E-state index >= 15 is 0 Å². The summed E-state index contributed by atoms with van der Waals surface area (Å²) < 4.78 is 13.6. The van der Waals surface area contributed by atoms with E-state index in [4.69, 9.17) is 37.8 Å². The molecule has 2 aromatic rings. The van der Waals surface area contributed by atoms with Crippen LogP contribution in [0.2, 0.25) is 10.0 Å². The van der Waals surface area contributed by atoms with Crippen LogP contribution in [0, 0.1) is 0 Å². The average molecular weight is 512 g/mol. The number of aryl methyl sites for hydroxylation is 2. The zero-order valence-corrected chi connectivity index (χ0v) is 22.2. The number of aromatic nitrogens is 2. The third-order valence-corrected chi connectivity index (χ3v) is 5.29. The molecular weight excluding hydrogens is 477 g/mol. The number of unbranched alkanes of at least 4 members (excludes halogenated alkanes) is 1.